The van der Waals surface area contributed by atoms with Gasteiger partial charge in [0.15, 0.2) is 23.9 Å². The van der Waals surface area contributed by atoms with Crippen molar-refractivity contribution in [3.05, 3.63) is 59.7 Å². The Kier molecular flexibility index (Phi) is 6.66. The first kappa shape index (κ1) is 19.5. The minimum absolute atomic E-state index is 0.0511. The first-order chi connectivity index (χ1) is 13.7. The van der Waals surface area contributed by atoms with Crippen LogP contribution in [0, 0.1) is 11.3 Å². The van der Waals surface area contributed by atoms with Crippen LogP contribution in [0.2, 0.25) is 0 Å². The van der Waals surface area contributed by atoms with E-state index in [0.29, 0.717) is 17.1 Å². The van der Waals surface area contributed by atoms with Gasteiger partial charge in [-0.15, -0.1) is 0 Å². The molecule has 0 radical (unpaired) electrons. The average Bonchev–Trinajstić information content (AvgIpc) is 2.77. The molecular weight excluding hydrogens is 356 g/mol. The lowest BCUT2D eigenvalue weighted by Crippen LogP contribution is -2.36. The van der Waals surface area contributed by atoms with E-state index in [1.807, 2.05) is 30.3 Å². The molecule has 0 aliphatic carbocycles. The van der Waals surface area contributed by atoms with Crippen molar-refractivity contribution in [2.45, 2.75) is 0 Å². The summed E-state index contributed by atoms with van der Waals surface area (Å²) in [7, 11) is 1.53. The van der Waals surface area contributed by atoms with Gasteiger partial charge in [0.25, 0.3) is 0 Å². The van der Waals surface area contributed by atoms with Crippen LogP contribution in [0.3, 0.4) is 0 Å². The van der Waals surface area contributed by atoms with Crippen LogP contribution in [-0.2, 0) is 4.74 Å². The normalized spacial score (nSPS) is 13.9. The Balaban J connectivity index is 1.66. The van der Waals surface area contributed by atoms with E-state index in [1.54, 1.807) is 24.3 Å². The summed E-state index contributed by atoms with van der Waals surface area (Å²) >= 11 is 0. The van der Waals surface area contributed by atoms with E-state index in [9.17, 15) is 4.79 Å². The molecule has 0 atom stereocenters. The number of carbonyl (C=O) groups is 1. The third-order valence-corrected chi connectivity index (χ3v) is 4.44. The number of rotatable bonds is 7. The summed E-state index contributed by atoms with van der Waals surface area (Å²) in [5.74, 6) is 0.934. The first-order valence-corrected chi connectivity index (χ1v) is 9.04. The number of ether oxygens (including phenoxy) is 3. The molecule has 0 N–H and O–H groups in total. The van der Waals surface area contributed by atoms with Crippen molar-refractivity contribution in [3.63, 3.8) is 0 Å². The molecule has 2 aromatic carbocycles. The van der Waals surface area contributed by atoms with Crippen LogP contribution in [0.25, 0.3) is 6.08 Å². The minimum atomic E-state index is -0.0719. The van der Waals surface area contributed by atoms with E-state index in [2.05, 4.69) is 4.90 Å². The summed E-state index contributed by atoms with van der Waals surface area (Å²) in [4.78, 5) is 14.7. The number of methoxy groups -OCH3 is 1. The zero-order valence-corrected chi connectivity index (χ0v) is 15.8. The van der Waals surface area contributed by atoms with Crippen molar-refractivity contribution in [2.75, 3.05) is 44.9 Å². The molecule has 0 saturated carbocycles. The molecule has 1 saturated heterocycles. The zero-order valence-electron chi connectivity index (χ0n) is 15.8. The van der Waals surface area contributed by atoms with Crippen molar-refractivity contribution in [1.29, 1.82) is 5.26 Å². The lowest BCUT2D eigenvalue weighted by atomic mass is 10.1. The van der Waals surface area contributed by atoms with Crippen LogP contribution in [0.5, 0.6) is 11.5 Å². The molecule has 2 aromatic rings. The molecule has 0 aromatic heterocycles. The standard InChI is InChI=1S/C22H22N2O4/c1-26-22-16-17(3-9-21(22)28-13-10-23)2-8-20(25)18-4-6-19(7-5-18)24-11-14-27-15-12-24/h2-9,16H,11-15H2,1H3/b8-2+. The predicted octanol–water partition coefficient (Wildman–Crippen LogP) is 3.33. The molecule has 144 valence electrons. The highest BCUT2D eigenvalue weighted by Gasteiger charge is 2.11. The van der Waals surface area contributed by atoms with Crippen LogP contribution in [-0.4, -0.2) is 45.8 Å². The molecule has 0 unspecified atom stereocenters. The fraction of sp³-hybridized carbons (Fsp3) is 0.273. The van der Waals surface area contributed by atoms with Crippen molar-refractivity contribution in [2.24, 2.45) is 0 Å². The maximum Gasteiger partial charge on any atom is 0.185 e. The Hall–Kier alpha value is -3.30. The highest BCUT2D eigenvalue weighted by molar-refractivity contribution is 6.07. The maximum absolute atomic E-state index is 12.5. The summed E-state index contributed by atoms with van der Waals surface area (Å²) in [6, 6.07) is 14.8. The molecule has 1 aliphatic rings. The number of hydrogen-bond acceptors (Lipinski definition) is 6. The minimum Gasteiger partial charge on any atom is -0.493 e. The van der Waals surface area contributed by atoms with Gasteiger partial charge in [-0.1, -0.05) is 12.1 Å². The van der Waals surface area contributed by atoms with E-state index in [0.717, 1.165) is 37.6 Å². The van der Waals surface area contributed by atoms with Crippen molar-refractivity contribution < 1.29 is 19.0 Å². The quantitative estimate of drug-likeness (QED) is 0.544. The Labute approximate surface area is 164 Å². The van der Waals surface area contributed by atoms with Crippen LogP contribution < -0.4 is 14.4 Å². The Morgan fingerprint density at radius 3 is 2.61 bits per heavy atom. The van der Waals surface area contributed by atoms with Gasteiger partial charge in [-0.25, -0.2) is 0 Å². The summed E-state index contributed by atoms with van der Waals surface area (Å²) in [5.41, 5.74) is 2.54. The number of benzene rings is 2. The first-order valence-electron chi connectivity index (χ1n) is 9.04. The van der Waals surface area contributed by atoms with E-state index >= 15 is 0 Å². The summed E-state index contributed by atoms with van der Waals surface area (Å²) in [5, 5.41) is 8.62. The number of allylic oxidation sites excluding steroid dienone is 1. The Morgan fingerprint density at radius 1 is 1.18 bits per heavy atom. The Bertz CT molecular complexity index is 878. The largest absolute Gasteiger partial charge is 0.493 e. The molecule has 0 spiro atoms. The molecule has 28 heavy (non-hydrogen) atoms. The monoisotopic (exact) mass is 378 g/mol. The lowest BCUT2D eigenvalue weighted by Gasteiger charge is -2.28. The number of morpholine rings is 1. The Morgan fingerprint density at radius 2 is 1.93 bits per heavy atom. The fourth-order valence-corrected chi connectivity index (χ4v) is 2.94. The van der Waals surface area contributed by atoms with Crippen molar-refractivity contribution in [3.8, 4) is 17.6 Å². The highest BCUT2D eigenvalue weighted by Crippen LogP contribution is 2.28. The third-order valence-electron chi connectivity index (χ3n) is 4.44. The number of nitrogens with zero attached hydrogens (tertiary/aromatic N) is 2. The molecule has 1 fully saturated rings. The van der Waals surface area contributed by atoms with Gasteiger partial charge in [0.1, 0.15) is 6.07 Å². The van der Waals surface area contributed by atoms with E-state index in [-0.39, 0.29) is 12.4 Å². The number of anilines is 1. The topological polar surface area (TPSA) is 71.8 Å². The second-order valence-corrected chi connectivity index (χ2v) is 6.20. The SMILES string of the molecule is COc1cc(/C=C/C(=O)c2ccc(N3CCOCC3)cc2)ccc1OCC#N. The van der Waals surface area contributed by atoms with E-state index in [4.69, 9.17) is 19.5 Å². The number of hydrogen-bond donors (Lipinski definition) is 0. The third kappa shape index (κ3) is 4.90. The average molecular weight is 378 g/mol. The molecule has 1 aliphatic heterocycles. The van der Waals surface area contributed by atoms with Gasteiger partial charge < -0.3 is 19.1 Å². The molecule has 3 rings (SSSR count). The molecule has 6 nitrogen and oxygen atoms in total. The van der Waals surface area contributed by atoms with Gasteiger partial charge in [0, 0.05) is 24.3 Å². The lowest BCUT2D eigenvalue weighted by molar-refractivity contribution is 0.104. The number of ketones is 1. The summed E-state index contributed by atoms with van der Waals surface area (Å²) in [6.45, 7) is 3.14. The van der Waals surface area contributed by atoms with E-state index < -0.39 is 0 Å². The summed E-state index contributed by atoms with van der Waals surface area (Å²) in [6.07, 6.45) is 3.27. The molecule has 6 heteroatoms. The predicted molar refractivity (Wildman–Crippen MR) is 107 cm³/mol. The van der Waals surface area contributed by atoms with E-state index in [1.165, 1.54) is 13.2 Å². The highest BCUT2D eigenvalue weighted by atomic mass is 16.5. The fourth-order valence-electron chi connectivity index (χ4n) is 2.94. The molecule has 1 heterocycles. The number of carbonyl (C=O) groups excluding carboxylic acids is 1. The van der Waals surface area contributed by atoms with Gasteiger partial charge in [0.05, 0.1) is 20.3 Å². The van der Waals surface area contributed by atoms with Gasteiger partial charge >= 0.3 is 0 Å². The van der Waals surface area contributed by atoms with Crippen molar-refractivity contribution in [1.82, 2.24) is 0 Å². The molecule has 0 amide bonds. The smallest absolute Gasteiger partial charge is 0.185 e. The van der Waals surface area contributed by atoms with Crippen LogP contribution in [0.4, 0.5) is 5.69 Å². The number of nitriles is 1. The zero-order chi connectivity index (χ0) is 19.8. The van der Waals surface area contributed by atoms with Gasteiger partial charge in [-0.2, -0.15) is 5.26 Å². The summed E-state index contributed by atoms with van der Waals surface area (Å²) < 4.78 is 15.9. The van der Waals surface area contributed by atoms with Gasteiger partial charge in [0.2, 0.25) is 0 Å². The molecular formula is C22H22N2O4. The van der Waals surface area contributed by atoms with Crippen LogP contribution in [0.15, 0.2) is 48.5 Å². The second-order valence-electron chi connectivity index (χ2n) is 6.20. The second kappa shape index (κ2) is 9.58. The maximum atomic E-state index is 12.5. The van der Waals surface area contributed by atoms with Crippen LogP contribution >= 0.6 is 0 Å². The van der Waals surface area contributed by atoms with Crippen molar-refractivity contribution >= 4 is 17.5 Å². The van der Waals surface area contributed by atoms with Crippen LogP contribution in [0.1, 0.15) is 15.9 Å². The van der Waals surface area contributed by atoms with Gasteiger partial charge in [-0.3, -0.25) is 4.79 Å². The molecule has 0 bridgehead atoms. The van der Waals surface area contributed by atoms with Gasteiger partial charge in [-0.05, 0) is 48.0 Å².